The Balaban J connectivity index is 1.59. The molecular formula is C22H29NO3S2. The molecule has 0 aliphatic carbocycles. The van der Waals surface area contributed by atoms with Gasteiger partial charge in [-0.2, -0.15) is 0 Å². The molecule has 152 valence electrons. The Morgan fingerprint density at radius 3 is 2.46 bits per heavy atom. The van der Waals surface area contributed by atoms with Crippen molar-refractivity contribution in [2.24, 2.45) is 5.92 Å². The topological polar surface area (TPSA) is 38.8 Å². The summed E-state index contributed by atoms with van der Waals surface area (Å²) in [4.78, 5) is 16.9. The van der Waals surface area contributed by atoms with Gasteiger partial charge in [0, 0.05) is 28.4 Å². The molecule has 3 heterocycles. The maximum absolute atomic E-state index is 12.0. The monoisotopic (exact) mass is 419 g/mol. The SMILES string of the molecule is CCOC(=O)[C@@H]1CCCN(CCOC=C(c2sccc2C)c2sccc2C)C1. The van der Waals surface area contributed by atoms with Crippen molar-refractivity contribution >= 4 is 34.2 Å². The Labute approximate surface area is 175 Å². The molecule has 0 saturated carbocycles. The van der Waals surface area contributed by atoms with E-state index in [9.17, 15) is 4.79 Å². The lowest BCUT2D eigenvalue weighted by Crippen LogP contribution is -2.40. The van der Waals surface area contributed by atoms with E-state index in [0.29, 0.717) is 13.2 Å². The highest BCUT2D eigenvalue weighted by molar-refractivity contribution is 7.14. The van der Waals surface area contributed by atoms with E-state index in [-0.39, 0.29) is 11.9 Å². The van der Waals surface area contributed by atoms with Gasteiger partial charge in [-0.1, -0.05) is 0 Å². The van der Waals surface area contributed by atoms with Crippen LogP contribution in [-0.4, -0.2) is 43.7 Å². The van der Waals surface area contributed by atoms with Crippen molar-refractivity contribution in [1.29, 1.82) is 0 Å². The van der Waals surface area contributed by atoms with Crippen LogP contribution in [0.3, 0.4) is 0 Å². The first-order chi connectivity index (χ1) is 13.6. The lowest BCUT2D eigenvalue weighted by molar-refractivity contribution is -0.150. The molecule has 1 saturated heterocycles. The van der Waals surface area contributed by atoms with Crippen molar-refractivity contribution in [3.8, 4) is 0 Å². The number of likely N-dealkylation sites (tertiary alicyclic amines) is 1. The van der Waals surface area contributed by atoms with Gasteiger partial charge in [0.25, 0.3) is 0 Å². The van der Waals surface area contributed by atoms with Crippen LogP contribution in [0.25, 0.3) is 5.57 Å². The van der Waals surface area contributed by atoms with Crippen LogP contribution in [0, 0.1) is 19.8 Å². The number of esters is 1. The van der Waals surface area contributed by atoms with E-state index in [1.54, 1.807) is 22.7 Å². The van der Waals surface area contributed by atoms with E-state index in [0.717, 1.165) is 32.5 Å². The first kappa shape index (κ1) is 21.1. The minimum atomic E-state index is -0.0587. The van der Waals surface area contributed by atoms with Crippen molar-refractivity contribution in [2.45, 2.75) is 33.6 Å². The van der Waals surface area contributed by atoms with Gasteiger partial charge < -0.3 is 9.47 Å². The van der Waals surface area contributed by atoms with Gasteiger partial charge in [-0.05, 0) is 74.2 Å². The van der Waals surface area contributed by atoms with Gasteiger partial charge in [0.15, 0.2) is 0 Å². The number of nitrogens with zero attached hydrogens (tertiary/aromatic N) is 1. The molecule has 28 heavy (non-hydrogen) atoms. The van der Waals surface area contributed by atoms with Crippen LogP contribution in [-0.2, 0) is 14.3 Å². The summed E-state index contributed by atoms with van der Waals surface area (Å²) < 4.78 is 11.2. The second-order valence-electron chi connectivity index (χ2n) is 7.16. The first-order valence-electron chi connectivity index (χ1n) is 9.89. The Bertz CT molecular complexity index is 766. The Kier molecular flexibility index (Phi) is 7.71. The molecule has 0 bridgehead atoms. The standard InChI is InChI=1S/C22H29NO3S2/c1-4-26-22(24)18-6-5-9-23(14-18)10-11-25-15-19(20-16(2)7-12-27-20)21-17(3)8-13-28-21/h7-8,12-13,15,18H,4-6,9-11,14H2,1-3H3/t18-/m1/s1. The van der Waals surface area contributed by atoms with Crippen LogP contribution in [0.5, 0.6) is 0 Å². The Morgan fingerprint density at radius 2 is 1.89 bits per heavy atom. The number of aryl methyl sites for hydroxylation is 2. The van der Waals surface area contributed by atoms with E-state index in [2.05, 4.69) is 41.6 Å². The maximum Gasteiger partial charge on any atom is 0.310 e. The van der Waals surface area contributed by atoms with Crippen LogP contribution < -0.4 is 0 Å². The van der Waals surface area contributed by atoms with Crippen LogP contribution in [0.1, 0.15) is 40.6 Å². The summed E-state index contributed by atoms with van der Waals surface area (Å²) in [6.07, 6.45) is 3.88. The predicted octanol–water partition coefficient (Wildman–Crippen LogP) is 5.11. The maximum atomic E-state index is 12.0. The van der Waals surface area contributed by atoms with E-state index >= 15 is 0 Å². The van der Waals surface area contributed by atoms with Gasteiger partial charge >= 0.3 is 5.97 Å². The lowest BCUT2D eigenvalue weighted by Gasteiger charge is -2.31. The van der Waals surface area contributed by atoms with Gasteiger partial charge in [-0.3, -0.25) is 9.69 Å². The molecule has 0 unspecified atom stereocenters. The highest BCUT2D eigenvalue weighted by atomic mass is 32.1. The zero-order valence-electron chi connectivity index (χ0n) is 16.9. The molecule has 3 rings (SSSR count). The first-order valence-corrected chi connectivity index (χ1v) is 11.7. The summed E-state index contributed by atoms with van der Waals surface area (Å²) in [5.74, 6) is -0.0565. The third-order valence-electron chi connectivity index (χ3n) is 5.07. The van der Waals surface area contributed by atoms with Crippen LogP contribution in [0.4, 0.5) is 0 Å². The molecule has 0 amide bonds. The molecule has 0 spiro atoms. The average Bonchev–Trinajstić information content (AvgIpc) is 3.31. The third-order valence-corrected chi connectivity index (χ3v) is 7.16. The van der Waals surface area contributed by atoms with Crippen LogP contribution >= 0.6 is 22.7 Å². The van der Waals surface area contributed by atoms with E-state index in [1.807, 2.05) is 13.2 Å². The quantitative estimate of drug-likeness (QED) is 0.339. The molecule has 0 aromatic carbocycles. The van der Waals surface area contributed by atoms with Crippen LogP contribution in [0.15, 0.2) is 29.2 Å². The molecular weight excluding hydrogens is 390 g/mol. The molecule has 6 heteroatoms. The second kappa shape index (κ2) is 10.2. The molecule has 1 fully saturated rings. The van der Waals surface area contributed by atoms with Crippen molar-refractivity contribution in [1.82, 2.24) is 4.90 Å². The number of thiophene rings is 2. The Morgan fingerprint density at radius 1 is 1.21 bits per heavy atom. The highest BCUT2D eigenvalue weighted by Gasteiger charge is 2.26. The number of rotatable bonds is 8. The molecule has 1 atom stereocenters. The van der Waals surface area contributed by atoms with Crippen molar-refractivity contribution < 1.29 is 14.3 Å². The zero-order chi connectivity index (χ0) is 19.9. The van der Waals surface area contributed by atoms with Gasteiger partial charge in [-0.15, -0.1) is 22.7 Å². The summed E-state index contributed by atoms with van der Waals surface area (Å²) in [6.45, 7) is 9.84. The third kappa shape index (κ3) is 5.25. The molecule has 0 radical (unpaired) electrons. The second-order valence-corrected chi connectivity index (χ2v) is 8.99. The van der Waals surface area contributed by atoms with Crippen molar-refractivity contribution in [3.63, 3.8) is 0 Å². The zero-order valence-corrected chi connectivity index (χ0v) is 18.5. The predicted molar refractivity (Wildman–Crippen MR) is 117 cm³/mol. The number of hydrogen-bond acceptors (Lipinski definition) is 6. The summed E-state index contributed by atoms with van der Waals surface area (Å²) in [7, 11) is 0. The smallest absolute Gasteiger partial charge is 0.310 e. The number of carbonyl (C=O) groups excluding carboxylic acids is 1. The van der Waals surface area contributed by atoms with Crippen molar-refractivity contribution in [2.75, 3.05) is 32.8 Å². The van der Waals surface area contributed by atoms with Gasteiger partial charge in [0.2, 0.25) is 0 Å². The summed E-state index contributed by atoms with van der Waals surface area (Å²) >= 11 is 3.51. The fraction of sp³-hybridized carbons (Fsp3) is 0.500. The van der Waals surface area contributed by atoms with Crippen LogP contribution in [0.2, 0.25) is 0 Å². The van der Waals surface area contributed by atoms with E-state index in [1.165, 1.54) is 26.5 Å². The Hall–Kier alpha value is -1.63. The fourth-order valence-electron chi connectivity index (χ4n) is 3.54. The summed E-state index contributed by atoms with van der Waals surface area (Å²) in [6, 6.07) is 4.31. The average molecular weight is 420 g/mol. The molecule has 1 aliphatic heterocycles. The molecule has 1 aliphatic rings. The lowest BCUT2D eigenvalue weighted by atomic mass is 9.98. The normalized spacial score (nSPS) is 17.3. The summed E-state index contributed by atoms with van der Waals surface area (Å²) in [5, 5.41) is 4.26. The number of carbonyl (C=O) groups is 1. The van der Waals surface area contributed by atoms with E-state index in [4.69, 9.17) is 9.47 Å². The molecule has 4 nitrogen and oxygen atoms in total. The number of hydrogen-bond donors (Lipinski definition) is 0. The van der Waals surface area contributed by atoms with Gasteiger partial charge in [0.1, 0.15) is 6.61 Å². The summed E-state index contributed by atoms with van der Waals surface area (Å²) in [5.41, 5.74) is 3.73. The molecule has 2 aromatic rings. The fourth-order valence-corrected chi connectivity index (χ4v) is 5.49. The minimum Gasteiger partial charge on any atom is -0.499 e. The highest BCUT2D eigenvalue weighted by Crippen LogP contribution is 2.35. The number of piperidine rings is 1. The van der Waals surface area contributed by atoms with Gasteiger partial charge in [-0.25, -0.2) is 0 Å². The van der Waals surface area contributed by atoms with Crippen molar-refractivity contribution in [3.05, 3.63) is 50.0 Å². The van der Waals surface area contributed by atoms with E-state index < -0.39 is 0 Å². The largest absolute Gasteiger partial charge is 0.499 e. The minimum absolute atomic E-state index is 0.00217. The number of ether oxygens (including phenoxy) is 2. The molecule has 0 N–H and O–H groups in total. The van der Waals surface area contributed by atoms with Gasteiger partial charge in [0.05, 0.1) is 18.8 Å². The molecule has 2 aromatic heterocycles.